The van der Waals surface area contributed by atoms with E-state index in [2.05, 4.69) is 4.98 Å². The number of aromatic nitrogens is 1. The molecule has 1 heterocycles. The van der Waals surface area contributed by atoms with Gasteiger partial charge in [-0.05, 0) is 19.1 Å². The molecule has 0 aliphatic rings. The third kappa shape index (κ3) is 3.87. The highest BCUT2D eigenvalue weighted by Crippen LogP contribution is 2.22. The lowest BCUT2D eigenvalue weighted by atomic mass is 10.1. The number of thiazole rings is 1. The zero-order valence-electron chi connectivity index (χ0n) is 11.8. The normalized spacial score (nSPS) is 10.6. The van der Waals surface area contributed by atoms with Crippen LogP contribution in [0.3, 0.4) is 0 Å². The Morgan fingerprint density at radius 2 is 2.00 bits per heavy atom. The van der Waals surface area contributed by atoms with Crippen LogP contribution in [-0.2, 0) is 0 Å². The van der Waals surface area contributed by atoms with Crippen molar-refractivity contribution in [2.45, 2.75) is 6.92 Å². The topological polar surface area (TPSA) is 73.7 Å². The number of amides is 1. The molecule has 5 nitrogen and oxygen atoms in total. The molecule has 2 aromatic rings. The van der Waals surface area contributed by atoms with Gasteiger partial charge in [0.1, 0.15) is 0 Å². The second kappa shape index (κ2) is 7.31. The molecule has 0 atom stereocenters. The first kappa shape index (κ1) is 15.6. The quantitative estimate of drug-likeness (QED) is 0.849. The summed E-state index contributed by atoms with van der Waals surface area (Å²) in [5.41, 5.74) is 2.27. The Labute approximate surface area is 127 Å². The minimum Gasteiger partial charge on any atom is -0.395 e. The van der Waals surface area contributed by atoms with E-state index >= 15 is 0 Å². The predicted molar refractivity (Wildman–Crippen MR) is 82.4 cm³/mol. The molecule has 0 saturated carbocycles. The highest BCUT2D eigenvalue weighted by molar-refractivity contribution is 7.09. The van der Waals surface area contributed by atoms with Crippen molar-refractivity contribution in [1.29, 1.82) is 0 Å². The third-order valence-corrected chi connectivity index (χ3v) is 3.82. The van der Waals surface area contributed by atoms with E-state index < -0.39 is 0 Å². The van der Waals surface area contributed by atoms with E-state index in [-0.39, 0.29) is 32.2 Å². The van der Waals surface area contributed by atoms with Gasteiger partial charge < -0.3 is 15.1 Å². The summed E-state index contributed by atoms with van der Waals surface area (Å²) >= 11 is 1.56. The Hall–Kier alpha value is -1.76. The number of rotatable bonds is 6. The number of carbonyl (C=O) groups excluding carboxylic acids is 1. The van der Waals surface area contributed by atoms with Gasteiger partial charge in [0.05, 0.1) is 23.9 Å². The molecule has 1 aromatic heterocycles. The standard InChI is InChI=1S/C15H18N2O3S/c1-11-16-14(10-21-11)12-3-2-4-13(9-12)15(20)17(5-7-18)6-8-19/h2-4,9-10,18-19H,5-8H2,1H3. The molecule has 6 heteroatoms. The highest BCUT2D eigenvalue weighted by atomic mass is 32.1. The number of hydrogen-bond acceptors (Lipinski definition) is 5. The zero-order valence-corrected chi connectivity index (χ0v) is 12.6. The lowest BCUT2D eigenvalue weighted by Gasteiger charge is -2.20. The van der Waals surface area contributed by atoms with Crippen molar-refractivity contribution in [2.24, 2.45) is 0 Å². The Bertz CT molecular complexity index is 606. The van der Waals surface area contributed by atoms with Crippen molar-refractivity contribution < 1.29 is 15.0 Å². The third-order valence-electron chi connectivity index (χ3n) is 3.05. The van der Waals surface area contributed by atoms with Gasteiger partial charge in [-0.2, -0.15) is 0 Å². The van der Waals surface area contributed by atoms with E-state index in [1.807, 2.05) is 24.4 Å². The van der Waals surface area contributed by atoms with E-state index in [4.69, 9.17) is 10.2 Å². The van der Waals surface area contributed by atoms with Gasteiger partial charge in [0.25, 0.3) is 5.91 Å². The number of carbonyl (C=O) groups is 1. The van der Waals surface area contributed by atoms with Crippen LogP contribution in [0.25, 0.3) is 11.3 Å². The van der Waals surface area contributed by atoms with Crippen LogP contribution in [0.15, 0.2) is 29.6 Å². The summed E-state index contributed by atoms with van der Waals surface area (Å²) in [5, 5.41) is 21.0. The maximum Gasteiger partial charge on any atom is 0.254 e. The second-order valence-corrected chi connectivity index (χ2v) is 5.63. The molecule has 0 unspecified atom stereocenters. The van der Waals surface area contributed by atoms with E-state index in [0.717, 1.165) is 16.3 Å². The van der Waals surface area contributed by atoms with Crippen LogP contribution < -0.4 is 0 Å². The fourth-order valence-electron chi connectivity index (χ4n) is 2.05. The SMILES string of the molecule is Cc1nc(-c2cccc(C(=O)N(CCO)CCO)c2)cs1. The van der Waals surface area contributed by atoms with Crippen molar-refractivity contribution in [3.05, 3.63) is 40.2 Å². The van der Waals surface area contributed by atoms with Gasteiger partial charge in [0, 0.05) is 29.6 Å². The summed E-state index contributed by atoms with van der Waals surface area (Å²) in [4.78, 5) is 18.2. The Balaban J connectivity index is 2.25. The number of aliphatic hydroxyl groups is 2. The van der Waals surface area contributed by atoms with Crippen LogP contribution in [0, 0.1) is 6.92 Å². The fraction of sp³-hybridized carbons (Fsp3) is 0.333. The molecule has 112 valence electrons. The smallest absolute Gasteiger partial charge is 0.254 e. The Morgan fingerprint density at radius 1 is 1.29 bits per heavy atom. The van der Waals surface area contributed by atoms with E-state index in [1.165, 1.54) is 4.90 Å². The molecular weight excluding hydrogens is 288 g/mol. The van der Waals surface area contributed by atoms with Crippen molar-refractivity contribution in [1.82, 2.24) is 9.88 Å². The molecule has 0 saturated heterocycles. The van der Waals surface area contributed by atoms with Crippen molar-refractivity contribution in [3.8, 4) is 11.3 Å². The van der Waals surface area contributed by atoms with Crippen LogP contribution >= 0.6 is 11.3 Å². The van der Waals surface area contributed by atoms with E-state index in [0.29, 0.717) is 5.56 Å². The Kier molecular flexibility index (Phi) is 5.44. The van der Waals surface area contributed by atoms with Crippen molar-refractivity contribution >= 4 is 17.2 Å². The average Bonchev–Trinajstić information content (AvgIpc) is 2.93. The maximum atomic E-state index is 12.4. The first-order valence-electron chi connectivity index (χ1n) is 6.69. The molecule has 0 aliphatic carbocycles. The molecule has 1 aromatic carbocycles. The zero-order chi connectivity index (χ0) is 15.2. The molecule has 21 heavy (non-hydrogen) atoms. The molecule has 2 N–H and O–H groups in total. The van der Waals surface area contributed by atoms with Gasteiger partial charge in [-0.25, -0.2) is 4.98 Å². The summed E-state index contributed by atoms with van der Waals surface area (Å²) in [7, 11) is 0. The molecule has 2 rings (SSSR count). The summed E-state index contributed by atoms with van der Waals surface area (Å²) < 4.78 is 0. The van der Waals surface area contributed by atoms with Gasteiger partial charge in [0.2, 0.25) is 0 Å². The largest absolute Gasteiger partial charge is 0.395 e. The summed E-state index contributed by atoms with van der Waals surface area (Å²) in [5.74, 6) is -0.202. The number of aryl methyl sites for hydroxylation is 1. The van der Waals surface area contributed by atoms with Crippen LogP contribution in [0.1, 0.15) is 15.4 Å². The van der Waals surface area contributed by atoms with Crippen molar-refractivity contribution in [3.63, 3.8) is 0 Å². The summed E-state index contributed by atoms with van der Waals surface area (Å²) in [6.45, 7) is 2.10. The molecule has 0 radical (unpaired) electrons. The lowest BCUT2D eigenvalue weighted by Crippen LogP contribution is -2.35. The fourth-order valence-corrected chi connectivity index (χ4v) is 2.67. The number of hydrogen-bond donors (Lipinski definition) is 2. The molecule has 0 bridgehead atoms. The molecule has 0 fully saturated rings. The number of nitrogens with zero attached hydrogens (tertiary/aromatic N) is 2. The van der Waals surface area contributed by atoms with Gasteiger partial charge in [0.15, 0.2) is 0 Å². The minimum atomic E-state index is -0.202. The van der Waals surface area contributed by atoms with Gasteiger partial charge in [-0.15, -0.1) is 11.3 Å². The van der Waals surface area contributed by atoms with Crippen LogP contribution in [0.2, 0.25) is 0 Å². The average molecular weight is 306 g/mol. The molecule has 0 spiro atoms. The van der Waals surface area contributed by atoms with Crippen molar-refractivity contribution in [2.75, 3.05) is 26.3 Å². The van der Waals surface area contributed by atoms with Crippen LogP contribution in [0.4, 0.5) is 0 Å². The summed E-state index contributed by atoms with van der Waals surface area (Å²) in [6, 6.07) is 7.24. The maximum absolute atomic E-state index is 12.4. The van der Waals surface area contributed by atoms with Gasteiger partial charge in [-0.3, -0.25) is 4.79 Å². The lowest BCUT2D eigenvalue weighted by molar-refractivity contribution is 0.0685. The first-order chi connectivity index (χ1) is 10.2. The molecule has 1 amide bonds. The minimum absolute atomic E-state index is 0.128. The molecule has 0 aliphatic heterocycles. The van der Waals surface area contributed by atoms with Gasteiger partial charge in [-0.1, -0.05) is 12.1 Å². The number of benzene rings is 1. The summed E-state index contributed by atoms with van der Waals surface area (Å²) in [6.07, 6.45) is 0. The number of aliphatic hydroxyl groups excluding tert-OH is 2. The highest BCUT2D eigenvalue weighted by Gasteiger charge is 2.15. The van der Waals surface area contributed by atoms with Gasteiger partial charge >= 0.3 is 0 Å². The van der Waals surface area contributed by atoms with Crippen LogP contribution in [0.5, 0.6) is 0 Å². The Morgan fingerprint density at radius 3 is 2.57 bits per heavy atom. The monoisotopic (exact) mass is 306 g/mol. The second-order valence-electron chi connectivity index (χ2n) is 4.57. The van der Waals surface area contributed by atoms with E-state index in [9.17, 15) is 4.79 Å². The van der Waals surface area contributed by atoms with E-state index in [1.54, 1.807) is 23.5 Å². The first-order valence-corrected chi connectivity index (χ1v) is 7.57. The molecular formula is C15H18N2O3S. The van der Waals surface area contributed by atoms with Crippen LogP contribution in [-0.4, -0.2) is 52.3 Å². The predicted octanol–water partition coefficient (Wildman–Crippen LogP) is 1.55.